The lowest BCUT2D eigenvalue weighted by molar-refractivity contribution is -0.139. The van der Waals surface area contributed by atoms with Crippen molar-refractivity contribution in [3.8, 4) is 0 Å². The Labute approximate surface area is 208 Å². The summed E-state index contributed by atoms with van der Waals surface area (Å²) < 4.78 is 26.5. The van der Waals surface area contributed by atoms with Crippen molar-refractivity contribution in [2.75, 3.05) is 23.7 Å². The quantitative estimate of drug-likeness (QED) is 0.500. The molecule has 1 unspecified atom stereocenters. The first-order chi connectivity index (χ1) is 15.9. The van der Waals surface area contributed by atoms with E-state index in [-0.39, 0.29) is 18.4 Å². The van der Waals surface area contributed by atoms with Gasteiger partial charge < -0.3 is 10.2 Å². The van der Waals surface area contributed by atoms with E-state index in [4.69, 9.17) is 11.6 Å². The number of anilines is 1. The Kier molecular flexibility index (Phi) is 9.94. The van der Waals surface area contributed by atoms with Gasteiger partial charge in [0.1, 0.15) is 12.6 Å². The SMILES string of the molecule is CCc1ccccc1N(CC(=O)N(Cc1cccc(Cl)c1)C(C)C(=O)NCC(C)C)S(C)(=O)=O. The monoisotopic (exact) mass is 507 g/mol. The number of hydrogen-bond acceptors (Lipinski definition) is 4. The third kappa shape index (κ3) is 7.74. The third-order valence-electron chi connectivity index (χ3n) is 5.41. The van der Waals surface area contributed by atoms with Gasteiger partial charge in [0.15, 0.2) is 0 Å². The maximum Gasteiger partial charge on any atom is 0.244 e. The van der Waals surface area contributed by atoms with Crippen LogP contribution < -0.4 is 9.62 Å². The van der Waals surface area contributed by atoms with Crippen LogP contribution in [0.4, 0.5) is 5.69 Å². The number of amides is 2. The van der Waals surface area contributed by atoms with Crippen molar-refractivity contribution >= 4 is 39.1 Å². The zero-order chi connectivity index (χ0) is 25.5. The Morgan fingerprint density at radius 2 is 1.74 bits per heavy atom. The minimum absolute atomic E-state index is 0.114. The van der Waals surface area contributed by atoms with Crippen LogP contribution in [0.5, 0.6) is 0 Å². The van der Waals surface area contributed by atoms with Crippen molar-refractivity contribution in [2.24, 2.45) is 5.92 Å². The zero-order valence-corrected chi connectivity index (χ0v) is 22.0. The van der Waals surface area contributed by atoms with E-state index in [1.54, 1.807) is 37.3 Å². The van der Waals surface area contributed by atoms with Crippen LogP contribution in [0.3, 0.4) is 0 Å². The summed E-state index contributed by atoms with van der Waals surface area (Å²) in [4.78, 5) is 27.8. The number of benzene rings is 2. The molecular weight excluding hydrogens is 474 g/mol. The van der Waals surface area contributed by atoms with Gasteiger partial charge >= 0.3 is 0 Å². The number of carbonyl (C=O) groups excluding carboxylic acids is 2. The van der Waals surface area contributed by atoms with Gasteiger partial charge in [0.2, 0.25) is 21.8 Å². The van der Waals surface area contributed by atoms with Gasteiger partial charge in [-0.1, -0.05) is 62.7 Å². The fourth-order valence-electron chi connectivity index (χ4n) is 3.51. The summed E-state index contributed by atoms with van der Waals surface area (Å²) in [6, 6.07) is 13.3. The van der Waals surface area contributed by atoms with Gasteiger partial charge in [-0.15, -0.1) is 0 Å². The molecule has 2 amide bonds. The van der Waals surface area contributed by atoms with Crippen LogP contribution in [0.1, 0.15) is 38.8 Å². The number of halogens is 1. The third-order valence-corrected chi connectivity index (χ3v) is 6.78. The molecule has 2 aromatic carbocycles. The van der Waals surface area contributed by atoms with Crippen LogP contribution in [0.2, 0.25) is 5.02 Å². The maximum atomic E-state index is 13.6. The largest absolute Gasteiger partial charge is 0.354 e. The zero-order valence-electron chi connectivity index (χ0n) is 20.4. The second-order valence-corrected chi connectivity index (χ2v) is 11.1. The first-order valence-corrected chi connectivity index (χ1v) is 13.5. The normalized spacial score (nSPS) is 12.3. The topological polar surface area (TPSA) is 86.8 Å². The predicted molar refractivity (Wildman–Crippen MR) is 137 cm³/mol. The highest BCUT2D eigenvalue weighted by Crippen LogP contribution is 2.24. The summed E-state index contributed by atoms with van der Waals surface area (Å²) in [5, 5.41) is 3.37. The van der Waals surface area contributed by atoms with Crippen LogP contribution in [0.25, 0.3) is 0 Å². The number of para-hydroxylation sites is 1. The number of nitrogens with one attached hydrogen (secondary N) is 1. The highest BCUT2D eigenvalue weighted by molar-refractivity contribution is 7.92. The standard InChI is InChI=1S/C25H34ClN3O4S/c1-6-21-11-7-8-13-23(21)29(34(5,32)33)17-24(30)28(16-20-10-9-12-22(26)14-20)19(4)25(31)27-15-18(2)3/h7-14,18-19H,6,15-17H2,1-5H3,(H,27,31). The molecule has 7 nitrogen and oxygen atoms in total. The molecule has 0 saturated carbocycles. The van der Waals surface area contributed by atoms with Crippen LogP contribution in [0, 0.1) is 5.92 Å². The molecule has 0 spiro atoms. The number of aryl methyl sites for hydroxylation is 1. The molecule has 0 aliphatic carbocycles. The smallest absolute Gasteiger partial charge is 0.244 e. The minimum Gasteiger partial charge on any atom is -0.354 e. The predicted octanol–water partition coefficient (Wildman–Crippen LogP) is 3.86. The van der Waals surface area contributed by atoms with E-state index < -0.39 is 28.5 Å². The van der Waals surface area contributed by atoms with Gasteiger partial charge in [0.25, 0.3) is 0 Å². The van der Waals surface area contributed by atoms with Gasteiger partial charge in [0.05, 0.1) is 11.9 Å². The van der Waals surface area contributed by atoms with E-state index in [1.165, 1.54) is 4.90 Å². The molecule has 1 N–H and O–H groups in total. The molecule has 2 rings (SSSR count). The van der Waals surface area contributed by atoms with Crippen LogP contribution in [-0.4, -0.2) is 50.5 Å². The minimum atomic E-state index is -3.76. The number of hydrogen-bond donors (Lipinski definition) is 1. The second-order valence-electron chi connectivity index (χ2n) is 8.72. The highest BCUT2D eigenvalue weighted by Gasteiger charge is 2.30. The number of rotatable bonds is 11. The number of carbonyl (C=O) groups is 2. The Morgan fingerprint density at radius 3 is 2.32 bits per heavy atom. The molecule has 0 aromatic heterocycles. The Bertz CT molecular complexity index is 1100. The second kappa shape index (κ2) is 12.2. The van der Waals surface area contributed by atoms with Gasteiger partial charge in [-0.3, -0.25) is 13.9 Å². The molecule has 0 heterocycles. The fraction of sp³-hybridized carbons (Fsp3) is 0.440. The first-order valence-electron chi connectivity index (χ1n) is 11.3. The summed E-state index contributed by atoms with van der Waals surface area (Å²) in [7, 11) is -3.76. The van der Waals surface area contributed by atoms with E-state index in [1.807, 2.05) is 39.0 Å². The molecule has 0 saturated heterocycles. The summed E-state index contributed by atoms with van der Waals surface area (Å²) >= 11 is 6.12. The molecule has 1 atom stereocenters. The van der Waals surface area contributed by atoms with Crippen molar-refractivity contribution < 1.29 is 18.0 Å². The number of nitrogens with zero attached hydrogens (tertiary/aromatic N) is 2. The van der Waals surface area contributed by atoms with Gasteiger partial charge in [-0.05, 0) is 48.6 Å². The average Bonchev–Trinajstić information content (AvgIpc) is 2.78. The Morgan fingerprint density at radius 1 is 1.06 bits per heavy atom. The molecule has 2 aromatic rings. The average molecular weight is 508 g/mol. The molecule has 0 fully saturated rings. The fourth-order valence-corrected chi connectivity index (χ4v) is 4.61. The van der Waals surface area contributed by atoms with Crippen molar-refractivity contribution in [3.05, 3.63) is 64.7 Å². The van der Waals surface area contributed by atoms with Gasteiger partial charge in [-0.2, -0.15) is 0 Å². The van der Waals surface area contributed by atoms with E-state index in [0.717, 1.165) is 21.7 Å². The number of sulfonamides is 1. The van der Waals surface area contributed by atoms with Crippen molar-refractivity contribution in [1.29, 1.82) is 0 Å². The first kappa shape index (κ1) is 27.7. The molecule has 0 aliphatic rings. The summed E-state index contributed by atoms with van der Waals surface area (Å²) in [5.74, 6) is -0.535. The lowest BCUT2D eigenvalue weighted by Gasteiger charge is -2.32. The molecule has 34 heavy (non-hydrogen) atoms. The molecule has 0 bridgehead atoms. The summed E-state index contributed by atoms with van der Waals surface area (Å²) in [6.45, 7) is 7.70. The van der Waals surface area contributed by atoms with Gasteiger partial charge in [-0.25, -0.2) is 8.42 Å². The van der Waals surface area contributed by atoms with E-state index >= 15 is 0 Å². The highest BCUT2D eigenvalue weighted by atomic mass is 35.5. The Hall–Kier alpha value is -2.58. The maximum absolute atomic E-state index is 13.6. The molecule has 0 aliphatic heterocycles. The Balaban J connectivity index is 2.40. The van der Waals surface area contributed by atoms with Crippen molar-refractivity contribution in [2.45, 2.75) is 46.7 Å². The summed E-state index contributed by atoms with van der Waals surface area (Å²) in [5.41, 5.74) is 2.01. The lowest BCUT2D eigenvalue weighted by atomic mass is 10.1. The van der Waals surface area contributed by atoms with Gasteiger partial charge in [0, 0.05) is 18.1 Å². The molecular formula is C25H34ClN3O4S. The molecule has 186 valence electrons. The van der Waals surface area contributed by atoms with E-state index in [9.17, 15) is 18.0 Å². The van der Waals surface area contributed by atoms with E-state index in [0.29, 0.717) is 23.7 Å². The van der Waals surface area contributed by atoms with Crippen LogP contribution >= 0.6 is 11.6 Å². The summed E-state index contributed by atoms with van der Waals surface area (Å²) in [6.07, 6.45) is 1.68. The van der Waals surface area contributed by atoms with E-state index in [2.05, 4.69) is 5.32 Å². The molecule has 9 heteroatoms. The van der Waals surface area contributed by atoms with Crippen LogP contribution in [0.15, 0.2) is 48.5 Å². The lowest BCUT2D eigenvalue weighted by Crippen LogP contribution is -2.51. The van der Waals surface area contributed by atoms with Crippen molar-refractivity contribution in [1.82, 2.24) is 10.2 Å². The van der Waals surface area contributed by atoms with Crippen molar-refractivity contribution in [3.63, 3.8) is 0 Å². The molecule has 0 radical (unpaired) electrons. The van der Waals surface area contributed by atoms with Crippen LogP contribution in [-0.2, 0) is 32.6 Å².